The van der Waals surface area contributed by atoms with Crippen LogP contribution in [0.1, 0.15) is 19.4 Å². The molecule has 130 valence electrons. The van der Waals surface area contributed by atoms with E-state index in [2.05, 4.69) is 5.32 Å². The number of urea groups is 1. The van der Waals surface area contributed by atoms with Crippen LogP contribution in [0.5, 0.6) is 0 Å². The van der Waals surface area contributed by atoms with Crippen LogP contribution in [0.4, 0.5) is 4.79 Å². The highest BCUT2D eigenvalue weighted by atomic mass is 32.2. The molecule has 0 saturated heterocycles. The minimum atomic E-state index is -3.11. The van der Waals surface area contributed by atoms with E-state index in [1.165, 1.54) is 4.90 Å². The summed E-state index contributed by atoms with van der Waals surface area (Å²) < 4.78 is 23.4. The minimum Gasteiger partial charge on any atom is -0.334 e. The average Bonchev–Trinajstić information content (AvgIpc) is 2.58. The maximum Gasteiger partial charge on any atom is 0.317 e. The molecule has 0 spiro atoms. The first-order valence-electron chi connectivity index (χ1n) is 8.02. The summed E-state index contributed by atoms with van der Waals surface area (Å²) in [5.41, 5.74) is 1.03. The summed E-state index contributed by atoms with van der Waals surface area (Å²) in [4.78, 5) is 13.7. The smallest absolute Gasteiger partial charge is 0.317 e. The lowest BCUT2D eigenvalue weighted by Crippen LogP contribution is -2.45. The van der Waals surface area contributed by atoms with Crippen molar-refractivity contribution in [1.29, 1.82) is 0 Å². The summed E-state index contributed by atoms with van der Waals surface area (Å²) in [6.45, 7) is 3.76. The van der Waals surface area contributed by atoms with Crippen molar-refractivity contribution in [3.63, 3.8) is 0 Å². The Morgan fingerprint density at radius 2 is 1.83 bits per heavy atom. The van der Waals surface area contributed by atoms with E-state index in [1.54, 1.807) is 20.9 Å². The van der Waals surface area contributed by atoms with Gasteiger partial charge in [0.05, 0.1) is 5.75 Å². The second kappa shape index (κ2) is 7.66. The van der Waals surface area contributed by atoms with Crippen LogP contribution in [0.2, 0.25) is 0 Å². The van der Waals surface area contributed by atoms with E-state index in [0.717, 1.165) is 16.3 Å². The minimum absolute atomic E-state index is 0.0261. The third kappa shape index (κ3) is 4.47. The largest absolute Gasteiger partial charge is 0.334 e. The van der Waals surface area contributed by atoms with E-state index < -0.39 is 9.84 Å². The Bertz CT molecular complexity index is 813. The third-order valence-electron chi connectivity index (χ3n) is 4.23. The van der Waals surface area contributed by atoms with Gasteiger partial charge >= 0.3 is 6.03 Å². The molecule has 6 heteroatoms. The fourth-order valence-corrected chi connectivity index (χ4v) is 3.73. The van der Waals surface area contributed by atoms with Gasteiger partial charge in [-0.15, -0.1) is 0 Å². The molecule has 5 nitrogen and oxygen atoms in total. The fourth-order valence-electron chi connectivity index (χ4n) is 2.54. The quantitative estimate of drug-likeness (QED) is 0.873. The number of amides is 2. The van der Waals surface area contributed by atoms with E-state index in [0.29, 0.717) is 6.54 Å². The number of hydrogen-bond acceptors (Lipinski definition) is 3. The summed E-state index contributed by atoms with van der Waals surface area (Å²) in [5.74, 6) is 0.0600. The second-order valence-corrected chi connectivity index (χ2v) is 8.35. The number of carbonyl (C=O) groups excluding carboxylic acids is 1. The van der Waals surface area contributed by atoms with Gasteiger partial charge in [0.25, 0.3) is 0 Å². The topological polar surface area (TPSA) is 66.5 Å². The zero-order chi connectivity index (χ0) is 17.7. The monoisotopic (exact) mass is 348 g/mol. The van der Waals surface area contributed by atoms with Gasteiger partial charge in [0.15, 0.2) is 9.84 Å². The molecule has 0 saturated carbocycles. The molecule has 2 aromatic carbocycles. The van der Waals surface area contributed by atoms with Crippen molar-refractivity contribution in [2.45, 2.75) is 26.4 Å². The Kier molecular flexibility index (Phi) is 5.83. The van der Waals surface area contributed by atoms with Gasteiger partial charge in [-0.25, -0.2) is 13.2 Å². The highest BCUT2D eigenvalue weighted by molar-refractivity contribution is 7.91. The predicted octanol–water partition coefficient (Wildman–Crippen LogP) is 2.80. The lowest BCUT2D eigenvalue weighted by molar-refractivity contribution is 0.197. The number of sulfone groups is 1. The maximum atomic E-state index is 12.3. The van der Waals surface area contributed by atoms with E-state index in [1.807, 2.05) is 42.5 Å². The number of rotatable bonds is 6. The van der Waals surface area contributed by atoms with Crippen molar-refractivity contribution in [3.05, 3.63) is 48.0 Å². The number of nitrogens with zero attached hydrogens (tertiary/aromatic N) is 1. The SMILES string of the molecule is CCS(=O)(=O)CC(C)N(C)C(=O)NCc1cccc2ccccc12. The van der Waals surface area contributed by atoms with Gasteiger partial charge < -0.3 is 10.2 Å². The van der Waals surface area contributed by atoms with Crippen LogP contribution in [0.25, 0.3) is 10.8 Å². The van der Waals surface area contributed by atoms with Gasteiger partial charge in [-0.05, 0) is 23.3 Å². The van der Waals surface area contributed by atoms with E-state index >= 15 is 0 Å². The van der Waals surface area contributed by atoms with Crippen molar-refractivity contribution in [3.8, 4) is 0 Å². The fraction of sp³-hybridized carbons (Fsp3) is 0.389. The molecule has 0 bridgehead atoms. The van der Waals surface area contributed by atoms with Crippen LogP contribution in [0, 0.1) is 0 Å². The maximum absolute atomic E-state index is 12.3. The van der Waals surface area contributed by atoms with Gasteiger partial charge in [0.2, 0.25) is 0 Å². The molecule has 0 aliphatic carbocycles. The summed E-state index contributed by atoms with van der Waals surface area (Å²) in [5, 5.41) is 5.09. The lowest BCUT2D eigenvalue weighted by atomic mass is 10.0. The van der Waals surface area contributed by atoms with Crippen LogP contribution in [-0.2, 0) is 16.4 Å². The highest BCUT2D eigenvalue weighted by Crippen LogP contribution is 2.18. The molecule has 2 rings (SSSR count). The molecular formula is C18H24N2O3S. The molecule has 0 fully saturated rings. The van der Waals surface area contributed by atoms with E-state index in [-0.39, 0.29) is 23.6 Å². The van der Waals surface area contributed by atoms with Crippen molar-refractivity contribution in [1.82, 2.24) is 10.2 Å². The normalized spacial score (nSPS) is 12.8. The molecule has 0 aromatic heterocycles. The van der Waals surface area contributed by atoms with Crippen molar-refractivity contribution >= 4 is 26.6 Å². The van der Waals surface area contributed by atoms with Crippen molar-refractivity contribution in [2.75, 3.05) is 18.6 Å². The van der Waals surface area contributed by atoms with Crippen LogP contribution >= 0.6 is 0 Å². The van der Waals surface area contributed by atoms with Crippen LogP contribution < -0.4 is 5.32 Å². The summed E-state index contributed by atoms with van der Waals surface area (Å²) >= 11 is 0. The number of hydrogen-bond donors (Lipinski definition) is 1. The number of benzene rings is 2. The molecule has 2 amide bonds. The summed E-state index contributed by atoms with van der Waals surface area (Å²) in [6.07, 6.45) is 0. The zero-order valence-corrected chi connectivity index (χ0v) is 15.1. The predicted molar refractivity (Wildman–Crippen MR) is 97.7 cm³/mol. The highest BCUT2D eigenvalue weighted by Gasteiger charge is 2.21. The first-order chi connectivity index (χ1) is 11.3. The molecule has 0 heterocycles. The van der Waals surface area contributed by atoms with Gasteiger partial charge in [0, 0.05) is 25.4 Å². The molecule has 0 aliphatic heterocycles. The van der Waals surface area contributed by atoms with E-state index in [9.17, 15) is 13.2 Å². The van der Waals surface area contributed by atoms with E-state index in [4.69, 9.17) is 0 Å². The molecule has 1 atom stereocenters. The summed E-state index contributed by atoms with van der Waals surface area (Å²) in [6, 6.07) is 13.3. The van der Waals surface area contributed by atoms with Gasteiger partial charge in [-0.2, -0.15) is 0 Å². The molecule has 0 radical (unpaired) electrons. The van der Waals surface area contributed by atoms with Gasteiger partial charge in [0.1, 0.15) is 0 Å². The number of fused-ring (bicyclic) bond motifs is 1. The second-order valence-electron chi connectivity index (χ2n) is 5.96. The molecule has 2 aromatic rings. The Labute approximate surface area is 143 Å². The first kappa shape index (κ1) is 18.3. The van der Waals surface area contributed by atoms with Crippen molar-refractivity contribution in [2.24, 2.45) is 0 Å². The lowest BCUT2D eigenvalue weighted by Gasteiger charge is -2.25. The molecule has 1 N–H and O–H groups in total. The van der Waals surface area contributed by atoms with Crippen molar-refractivity contribution < 1.29 is 13.2 Å². The molecule has 24 heavy (non-hydrogen) atoms. The number of nitrogens with one attached hydrogen (secondary N) is 1. The van der Waals surface area contributed by atoms with Gasteiger partial charge in [-0.3, -0.25) is 0 Å². The van der Waals surface area contributed by atoms with Crippen LogP contribution in [-0.4, -0.2) is 43.9 Å². The van der Waals surface area contributed by atoms with Crippen LogP contribution in [0.3, 0.4) is 0 Å². The Morgan fingerprint density at radius 3 is 2.54 bits per heavy atom. The average molecular weight is 348 g/mol. The first-order valence-corrected chi connectivity index (χ1v) is 9.84. The molecule has 1 unspecified atom stereocenters. The Morgan fingerprint density at radius 1 is 1.17 bits per heavy atom. The van der Waals surface area contributed by atoms with Gasteiger partial charge in [-0.1, -0.05) is 49.4 Å². The van der Waals surface area contributed by atoms with Crippen LogP contribution in [0.15, 0.2) is 42.5 Å². The Hall–Kier alpha value is -2.08. The summed E-state index contributed by atoms with van der Waals surface area (Å²) in [7, 11) is -1.50. The molecule has 0 aliphatic rings. The third-order valence-corrected chi connectivity index (χ3v) is 6.10. The zero-order valence-electron chi connectivity index (χ0n) is 14.3. The standard InChI is InChI=1S/C18H24N2O3S/c1-4-24(22,23)13-14(2)20(3)18(21)19-12-16-10-7-9-15-8-5-6-11-17(15)16/h5-11,14H,4,12-13H2,1-3H3,(H,19,21). The Balaban J connectivity index is 2.02. The number of carbonyl (C=O) groups is 1. The molecular weight excluding hydrogens is 324 g/mol.